The van der Waals surface area contributed by atoms with Gasteiger partial charge in [0.1, 0.15) is 0 Å². The summed E-state index contributed by atoms with van der Waals surface area (Å²) in [6.45, 7) is 11.6. The fourth-order valence-corrected chi connectivity index (χ4v) is 1.79. The summed E-state index contributed by atoms with van der Waals surface area (Å²) in [4.78, 5) is 0. The highest BCUT2D eigenvalue weighted by Crippen LogP contribution is 2.19. The van der Waals surface area contributed by atoms with Crippen molar-refractivity contribution in [3.8, 4) is 0 Å². The van der Waals surface area contributed by atoms with E-state index in [1.165, 1.54) is 23.1 Å². The molecule has 0 rings (SSSR count). The van der Waals surface area contributed by atoms with Gasteiger partial charge in [0.05, 0.1) is 0 Å². The van der Waals surface area contributed by atoms with Crippen molar-refractivity contribution in [1.82, 2.24) is 5.32 Å². The number of nitrogens with one attached hydrogen (secondary N) is 1. The molecule has 0 heterocycles. The maximum Gasteiger partial charge on any atom is 0.0202 e. The molecule has 0 saturated carbocycles. The molecular weight excluding hydrogens is 218 g/mol. The normalized spacial score (nSPS) is 13.3. The van der Waals surface area contributed by atoms with Gasteiger partial charge in [-0.25, -0.2) is 0 Å². The van der Waals surface area contributed by atoms with E-state index in [4.69, 9.17) is 0 Å². The molecule has 0 aromatic rings. The lowest BCUT2D eigenvalue weighted by Crippen LogP contribution is -2.11. The van der Waals surface area contributed by atoms with Crippen molar-refractivity contribution in [2.24, 2.45) is 0 Å². The van der Waals surface area contributed by atoms with Gasteiger partial charge in [-0.1, -0.05) is 58.1 Å². The summed E-state index contributed by atoms with van der Waals surface area (Å²) >= 11 is 0. The van der Waals surface area contributed by atoms with E-state index >= 15 is 0 Å². The van der Waals surface area contributed by atoms with E-state index in [1.807, 2.05) is 7.05 Å². The van der Waals surface area contributed by atoms with Gasteiger partial charge in [0, 0.05) is 6.54 Å². The number of hydrogen-bond donors (Lipinski definition) is 1. The van der Waals surface area contributed by atoms with E-state index < -0.39 is 0 Å². The molecule has 0 aliphatic heterocycles. The summed E-state index contributed by atoms with van der Waals surface area (Å²) in [5.74, 6) is 0. The second kappa shape index (κ2) is 11.0. The largest absolute Gasteiger partial charge is 0.316 e. The van der Waals surface area contributed by atoms with Crippen molar-refractivity contribution >= 4 is 0 Å². The minimum absolute atomic E-state index is 0.842. The molecule has 0 unspecified atom stereocenters. The van der Waals surface area contributed by atoms with E-state index in [0.29, 0.717) is 0 Å². The zero-order valence-corrected chi connectivity index (χ0v) is 12.6. The van der Waals surface area contributed by atoms with Crippen molar-refractivity contribution in [2.45, 2.75) is 46.5 Å². The predicted molar refractivity (Wildman–Crippen MR) is 83.9 cm³/mol. The molecule has 0 amide bonds. The molecule has 0 aliphatic rings. The zero-order chi connectivity index (χ0) is 13.8. The molecule has 18 heavy (non-hydrogen) atoms. The first kappa shape index (κ1) is 16.9. The summed E-state index contributed by atoms with van der Waals surface area (Å²) in [5, 5.41) is 3.18. The third kappa shape index (κ3) is 6.61. The third-order valence-electron chi connectivity index (χ3n) is 2.79. The summed E-state index contributed by atoms with van der Waals surface area (Å²) < 4.78 is 0. The fourth-order valence-electron chi connectivity index (χ4n) is 1.79. The lowest BCUT2D eigenvalue weighted by atomic mass is 9.97. The molecule has 0 atom stereocenters. The molecule has 0 aliphatic carbocycles. The molecule has 0 aromatic heterocycles. The van der Waals surface area contributed by atoms with Gasteiger partial charge in [0.15, 0.2) is 0 Å². The number of allylic oxidation sites excluding steroid dienone is 5. The standard InChI is InChI=1S/C17H29N/c1-6-9-11-12-16(8-3)17(13-10-7-2)15(4)14-18-5/h10-13,18H,4,6-9,14H2,1-3,5H3/b12-11-,13-10-,17-16-. The molecule has 1 heteroatoms. The Morgan fingerprint density at radius 1 is 1.11 bits per heavy atom. The predicted octanol–water partition coefficient (Wildman–Crippen LogP) is 4.79. The quantitative estimate of drug-likeness (QED) is 0.578. The maximum atomic E-state index is 4.19. The smallest absolute Gasteiger partial charge is 0.0202 e. The lowest BCUT2D eigenvalue weighted by Gasteiger charge is -2.11. The van der Waals surface area contributed by atoms with Crippen molar-refractivity contribution < 1.29 is 0 Å². The molecule has 102 valence electrons. The van der Waals surface area contributed by atoms with Gasteiger partial charge in [-0.15, -0.1) is 0 Å². The van der Waals surface area contributed by atoms with E-state index in [9.17, 15) is 0 Å². The van der Waals surface area contributed by atoms with Crippen LogP contribution in [0.15, 0.2) is 47.6 Å². The molecule has 0 bridgehead atoms. The van der Waals surface area contributed by atoms with Gasteiger partial charge in [-0.3, -0.25) is 0 Å². The number of likely N-dealkylation sites (N-methyl/N-ethyl adjacent to an activating group) is 1. The lowest BCUT2D eigenvalue weighted by molar-refractivity contribution is 0.887. The first-order valence-corrected chi connectivity index (χ1v) is 7.10. The molecular formula is C17H29N. The van der Waals surface area contributed by atoms with Crippen molar-refractivity contribution in [2.75, 3.05) is 13.6 Å². The van der Waals surface area contributed by atoms with E-state index in [0.717, 1.165) is 25.8 Å². The maximum absolute atomic E-state index is 4.19. The summed E-state index contributed by atoms with van der Waals surface area (Å²) in [7, 11) is 1.96. The Bertz CT molecular complexity index is 319. The average molecular weight is 247 g/mol. The second-order valence-electron chi connectivity index (χ2n) is 4.43. The van der Waals surface area contributed by atoms with Gasteiger partial charge in [-0.2, -0.15) is 0 Å². The van der Waals surface area contributed by atoms with Crippen LogP contribution in [0.25, 0.3) is 0 Å². The molecule has 0 spiro atoms. The fraction of sp³-hybridized carbons (Fsp3) is 0.529. The Kier molecular flexibility index (Phi) is 10.4. The Hall–Kier alpha value is -1.08. The van der Waals surface area contributed by atoms with E-state index in [2.05, 4.69) is 57.0 Å². The van der Waals surface area contributed by atoms with Crippen molar-refractivity contribution in [1.29, 1.82) is 0 Å². The highest BCUT2D eigenvalue weighted by molar-refractivity contribution is 5.46. The van der Waals surface area contributed by atoms with Crippen LogP contribution in [0.2, 0.25) is 0 Å². The van der Waals surface area contributed by atoms with Crippen LogP contribution in [0.5, 0.6) is 0 Å². The monoisotopic (exact) mass is 247 g/mol. The van der Waals surface area contributed by atoms with Gasteiger partial charge in [0.2, 0.25) is 0 Å². The van der Waals surface area contributed by atoms with Crippen LogP contribution in [0.4, 0.5) is 0 Å². The first-order valence-electron chi connectivity index (χ1n) is 7.10. The van der Waals surface area contributed by atoms with Crippen LogP contribution in [0.3, 0.4) is 0 Å². The zero-order valence-electron chi connectivity index (χ0n) is 12.6. The van der Waals surface area contributed by atoms with Crippen LogP contribution in [-0.4, -0.2) is 13.6 Å². The topological polar surface area (TPSA) is 12.0 Å². The molecule has 1 nitrogen and oxygen atoms in total. The Labute approximate surface area is 113 Å². The third-order valence-corrected chi connectivity index (χ3v) is 2.79. The number of rotatable bonds is 9. The van der Waals surface area contributed by atoms with Crippen molar-refractivity contribution in [3.05, 3.63) is 47.6 Å². The SMILES string of the molecule is C=C(CNC)C(/C=C\CC)=C(\C=C/CCC)CC. The minimum Gasteiger partial charge on any atom is -0.316 e. The summed E-state index contributed by atoms with van der Waals surface area (Å²) in [6, 6.07) is 0. The van der Waals surface area contributed by atoms with Crippen LogP contribution >= 0.6 is 0 Å². The first-order chi connectivity index (χ1) is 8.71. The van der Waals surface area contributed by atoms with Gasteiger partial charge in [-0.05, 0) is 43.0 Å². The number of hydrogen-bond acceptors (Lipinski definition) is 1. The highest BCUT2D eigenvalue weighted by atomic mass is 14.8. The van der Waals surface area contributed by atoms with Gasteiger partial charge >= 0.3 is 0 Å². The molecule has 0 aromatic carbocycles. The van der Waals surface area contributed by atoms with Crippen LogP contribution in [0, 0.1) is 0 Å². The molecule has 0 radical (unpaired) electrons. The van der Waals surface area contributed by atoms with Crippen LogP contribution in [0.1, 0.15) is 46.5 Å². The van der Waals surface area contributed by atoms with Gasteiger partial charge in [0.25, 0.3) is 0 Å². The Morgan fingerprint density at radius 3 is 2.33 bits per heavy atom. The van der Waals surface area contributed by atoms with E-state index in [1.54, 1.807) is 0 Å². The highest BCUT2D eigenvalue weighted by Gasteiger charge is 2.03. The van der Waals surface area contributed by atoms with Crippen molar-refractivity contribution in [3.63, 3.8) is 0 Å². The van der Waals surface area contributed by atoms with E-state index in [-0.39, 0.29) is 0 Å². The average Bonchev–Trinajstić information content (AvgIpc) is 2.37. The molecule has 0 fully saturated rings. The van der Waals surface area contributed by atoms with Gasteiger partial charge < -0.3 is 5.32 Å². The second-order valence-corrected chi connectivity index (χ2v) is 4.43. The molecule has 1 N–H and O–H groups in total. The minimum atomic E-state index is 0.842. The Balaban J connectivity index is 5.16. The summed E-state index contributed by atoms with van der Waals surface area (Å²) in [5.41, 5.74) is 3.84. The van der Waals surface area contributed by atoms with Crippen LogP contribution < -0.4 is 5.32 Å². The summed E-state index contributed by atoms with van der Waals surface area (Å²) in [6.07, 6.45) is 13.4. The molecule has 0 saturated heterocycles. The number of unbranched alkanes of at least 4 members (excludes halogenated alkanes) is 1. The van der Waals surface area contributed by atoms with Crippen LogP contribution in [-0.2, 0) is 0 Å². The Morgan fingerprint density at radius 2 is 1.83 bits per heavy atom.